The van der Waals surface area contributed by atoms with Crippen molar-refractivity contribution in [1.82, 2.24) is 4.98 Å². The van der Waals surface area contributed by atoms with Crippen LogP contribution in [0.3, 0.4) is 0 Å². The van der Waals surface area contributed by atoms with Gasteiger partial charge in [-0.15, -0.1) is 11.3 Å². The lowest BCUT2D eigenvalue weighted by Gasteiger charge is -2.05. The fraction of sp³-hybridized carbons (Fsp3) is 0.125. The number of thiophene rings is 1. The zero-order valence-electron chi connectivity index (χ0n) is 12.4. The van der Waals surface area contributed by atoms with Gasteiger partial charge < -0.3 is 11.1 Å². The molecule has 0 aliphatic heterocycles. The van der Waals surface area contributed by atoms with Crippen LogP contribution in [0.5, 0.6) is 0 Å². The van der Waals surface area contributed by atoms with E-state index in [1.165, 1.54) is 11.3 Å². The van der Waals surface area contributed by atoms with Crippen LogP contribution in [0.4, 0.5) is 11.4 Å². The highest BCUT2D eigenvalue weighted by molar-refractivity contribution is 9.10. The summed E-state index contributed by atoms with van der Waals surface area (Å²) < 4.78 is 0.916. The second-order valence-corrected chi connectivity index (χ2v) is 7.35. The molecule has 0 atom stereocenters. The fourth-order valence-corrected chi connectivity index (χ4v) is 3.85. The third-order valence-electron chi connectivity index (χ3n) is 3.53. The standard InChI is InChI=1S/C16H13BrClN3OS/c1-7-11-13(19)14(23-16(11)20-8(2)12(7)17)15(22)21-10-5-3-9(18)4-6-10/h3-6H,19H2,1-2H3,(H,21,22). The number of aromatic nitrogens is 1. The number of benzene rings is 1. The van der Waals surface area contributed by atoms with Crippen LogP contribution in [-0.2, 0) is 0 Å². The number of hydrogen-bond donors (Lipinski definition) is 2. The van der Waals surface area contributed by atoms with E-state index in [9.17, 15) is 4.79 Å². The first kappa shape index (κ1) is 16.2. The first-order valence-corrected chi connectivity index (χ1v) is 8.79. The van der Waals surface area contributed by atoms with Crippen molar-refractivity contribution in [2.45, 2.75) is 13.8 Å². The molecule has 3 rings (SSSR count). The number of carbonyl (C=O) groups is 1. The minimum Gasteiger partial charge on any atom is -0.397 e. The smallest absolute Gasteiger partial charge is 0.267 e. The summed E-state index contributed by atoms with van der Waals surface area (Å²) in [5.41, 5.74) is 9.20. The molecule has 1 amide bonds. The molecule has 0 aliphatic rings. The van der Waals surface area contributed by atoms with Gasteiger partial charge in [-0.25, -0.2) is 4.98 Å². The molecular weight excluding hydrogens is 398 g/mol. The van der Waals surface area contributed by atoms with Crippen LogP contribution in [0, 0.1) is 13.8 Å². The molecule has 0 fully saturated rings. The van der Waals surface area contributed by atoms with Gasteiger partial charge in [0, 0.05) is 20.6 Å². The Kier molecular flexibility index (Phi) is 4.31. The maximum atomic E-state index is 12.5. The Morgan fingerprint density at radius 1 is 1.30 bits per heavy atom. The third kappa shape index (κ3) is 2.94. The van der Waals surface area contributed by atoms with Crippen molar-refractivity contribution in [1.29, 1.82) is 0 Å². The second kappa shape index (κ2) is 6.11. The number of amides is 1. The number of aryl methyl sites for hydroxylation is 2. The predicted molar refractivity (Wildman–Crippen MR) is 101 cm³/mol. The number of anilines is 2. The highest BCUT2D eigenvalue weighted by Gasteiger charge is 2.20. The van der Waals surface area contributed by atoms with Crippen molar-refractivity contribution < 1.29 is 4.79 Å². The Morgan fingerprint density at radius 2 is 1.96 bits per heavy atom. The molecule has 0 bridgehead atoms. The third-order valence-corrected chi connectivity index (χ3v) is 6.04. The summed E-state index contributed by atoms with van der Waals surface area (Å²) >= 11 is 10.7. The van der Waals surface area contributed by atoms with E-state index < -0.39 is 0 Å². The van der Waals surface area contributed by atoms with Gasteiger partial charge in [-0.05, 0) is 59.6 Å². The molecule has 0 saturated carbocycles. The van der Waals surface area contributed by atoms with Gasteiger partial charge in [-0.3, -0.25) is 4.79 Å². The van der Waals surface area contributed by atoms with Crippen LogP contribution >= 0.6 is 38.9 Å². The fourth-order valence-electron chi connectivity index (χ4n) is 2.34. The van der Waals surface area contributed by atoms with Gasteiger partial charge in [0.2, 0.25) is 0 Å². The van der Waals surface area contributed by atoms with Gasteiger partial charge in [-0.2, -0.15) is 0 Å². The van der Waals surface area contributed by atoms with Gasteiger partial charge in [0.05, 0.1) is 11.4 Å². The number of hydrogen-bond acceptors (Lipinski definition) is 4. The van der Waals surface area contributed by atoms with Crippen LogP contribution in [0.15, 0.2) is 28.7 Å². The molecule has 3 N–H and O–H groups in total. The lowest BCUT2D eigenvalue weighted by Crippen LogP contribution is -2.11. The number of halogens is 2. The largest absolute Gasteiger partial charge is 0.397 e. The topological polar surface area (TPSA) is 68.0 Å². The molecule has 2 aromatic heterocycles. The highest BCUT2D eigenvalue weighted by Crippen LogP contribution is 2.38. The lowest BCUT2D eigenvalue weighted by molar-refractivity contribution is 0.103. The van der Waals surface area contributed by atoms with E-state index >= 15 is 0 Å². The summed E-state index contributed by atoms with van der Waals surface area (Å²) in [6, 6.07) is 6.93. The Labute approximate surface area is 150 Å². The summed E-state index contributed by atoms with van der Waals surface area (Å²) in [6.45, 7) is 3.88. The van der Waals surface area contributed by atoms with Crippen molar-refractivity contribution in [3.05, 3.63) is 49.9 Å². The highest BCUT2D eigenvalue weighted by atomic mass is 79.9. The molecule has 118 valence electrons. The van der Waals surface area contributed by atoms with E-state index in [2.05, 4.69) is 26.2 Å². The van der Waals surface area contributed by atoms with Gasteiger partial charge in [0.15, 0.2) is 0 Å². The van der Waals surface area contributed by atoms with E-state index in [1.807, 2.05) is 13.8 Å². The van der Waals surface area contributed by atoms with Crippen molar-refractivity contribution in [2.75, 3.05) is 11.1 Å². The summed E-state index contributed by atoms with van der Waals surface area (Å²) in [4.78, 5) is 18.3. The number of nitrogens with zero attached hydrogens (tertiary/aromatic N) is 1. The minimum absolute atomic E-state index is 0.249. The molecule has 0 aliphatic carbocycles. The Morgan fingerprint density at radius 3 is 2.61 bits per heavy atom. The Balaban J connectivity index is 2.02. The number of nitrogens with one attached hydrogen (secondary N) is 1. The predicted octanol–water partition coefficient (Wildman–Crippen LogP) is 5.16. The molecule has 1 aromatic carbocycles. The normalized spacial score (nSPS) is 11.0. The van der Waals surface area contributed by atoms with Crippen LogP contribution in [0.2, 0.25) is 5.02 Å². The molecule has 0 spiro atoms. The Hall–Kier alpha value is -1.63. The summed E-state index contributed by atoms with van der Waals surface area (Å²) in [5.74, 6) is -0.249. The first-order chi connectivity index (χ1) is 10.9. The maximum Gasteiger partial charge on any atom is 0.267 e. The number of nitrogens with two attached hydrogens (primary N) is 1. The van der Waals surface area contributed by atoms with Crippen LogP contribution in [0.25, 0.3) is 10.2 Å². The first-order valence-electron chi connectivity index (χ1n) is 6.80. The summed E-state index contributed by atoms with van der Waals surface area (Å²) in [6.07, 6.45) is 0. The molecular formula is C16H13BrClN3OS. The number of rotatable bonds is 2. The maximum absolute atomic E-state index is 12.5. The average Bonchev–Trinajstić information content (AvgIpc) is 2.84. The molecule has 0 saturated heterocycles. The zero-order chi connectivity index (χ0) is 16.7. The van der Waals surface area contributed by atoms with E-state index in [0.29, 0.717) is 21.3 Å². The van der Waals surface area contributed by atoms with Crippen molar-refractivity contribution in [2.24, 2.45) is 0 Å². The second-order valence-electron chi connectivity index (χ2n) is 5.12. The van der Waals surface area contributed by atoms with E-state index in [0.717, 1.165) is 25.9 Å². The number of fused-ring (bicyclic) bond motifs is 1. The quantitative estimate of drug-likeness (QED) is 0.613. The van der Waals surface area contributed by atoms with Gasteiger partial charge in [0.1, 0.15) is 9.71 Å². The Bertz CT molecular complexity index is 921. The van der Waals surface area contributed by atoms with Crippen LogP contribution < -0.4 is 11.1 Å². The molecule has 7 heteroatoms. The van der Waals surface area contributed by atoms with E-state index in [4.69, 9.17) is 17.3 Å². The van der Waals surface area contributed by atoms with Crippen molar-refractivity contribution in [3.63, 3.8) is 0 Å². The SMILES string of the molecule is Cc1nc2sc(C(=O)Nc3ccc(Cl)cc3)c(N)c2c(C)c1Br. The summed E-state index contributed by atoms with van der Waals surface area (Å²) in [7, 11) is 0. The van der Waals surface area contributed by atoms with Gasteiger partial charge in [0.25, 0.3) is 5.91 Å². The van der Waals surface area contributed by atoms with Crippen LogP contribution in [0.1, 0.15) is 20.9 Å². The molecule has 2 heterocycles. The van der Waals surface area contributed by atoms with E-state index in [-0.39, 0.29) is 5.91 Å². The average molecular weight is 411 g/mol. The van der Waals surface area contributed by atoms with Gasteiger partial charge in [-0.1, -0.05) is 11.6 Å². The zero-order valence-corrected chi connectivity index (χ0v) is 15.6. The minimum atomic E-state index is -0.249. The number of nitrogen functional groups attached to an aromatic ring is 1. The molecule has 0 radical (unpaired) electrons. The monoisotopic (exact) mass is 409 g/mol. The van der Waals surface area contributed by atoms with Gasteiger partial charge >= 0.3 is 0 Å². The van der Waals surface area contributed by atoms with Crippen LogP contribution in [-0.4, -0.2) is 10.9 Å². The van der Waals surface area contributed by atoms with E-state index in [1.54, 1.807) is 24.3 Å². The molecule has 23 heavy (non-hydrogen) atoms. The van der Waals surface area contributed by atoms with Crippen molar-refractivity contribution >= 4 is 66.4 Å². The number of carbonyl (C=O) groups excluding carboxylic acids is 1. The van der Waals surface area contributed by atoms with Crippen molar-refractivity contribution in [3.8, 4) is 0 Å². The lowest BCUT2D eigenvalue weighted by atomic mass is 10.1. The summed E-state index contributed by atoms with van der Waals surface area (Å²) in [5, 5.41) is 4.27. The number of pyridine rings is 1. The molecule has 4 nitrogen and oxygen atoms in total. The molecule has 3 aromatic rings. The molecule has 0 unspecified atom stereocenters.